The molecule has 2 aliphatic rings. The Balaban J connectivity index is 1.43. The molecule has 8 nitrogen and oxygen atoms in total. The summed E-state index contributed by atoms with van der Waals surface area (Å²) in [5, 5.41) is 4.98. The lowest BCUT2D eigenvalue weighted by Gasteiger charge is -2.34. The van der Waals surface area contributed by atoms with Crippen molar-refractivity contribution in [2.75, 3.05) is 36.8 Å². The summed E-state index contributed by atoms with van der Waals surface area (Å²) >= 11 is 0. The maximum Gasteiger partial charge on any atom is 0.229 e. The van der Waals surface area contributed by atoms with Gasteiger partial charge >= 0.3 is 0 Å². The number of aryl methyl sites for hydroxylation is 1. The highest BCUT2D eigenvalue weighted by atomic mass is 16.2. The molecule has 0 spiro atoms. The van der Waals surface area contributed by atoms with E-state index in [1.54, 1.807) is 10.9 Å². The number of anilines is 2. The smallest absolute Gasteiger partial charge is 0.229 e. The van der Waals surface area contributed by atoms with Crippen LogP contribution >= 0.6 is 0 Å². The molecule has 1 amide bonds. The third-order valence-corrected chi connectivity index (χ3v) is 5.65. The van der Waals surface area contributed by atoms with Gasteiger partial charge in [-0.05, 0) is 25.7 Å². The summed E-state index contributed by atoms with van der Waals surface area (Å²) in [5.41, 5.74) is 6.82. The van der Waals surface area contributed by atoms with Crippen molar-refractivity contribution in [3.63, 3.8) is 0 Å². The van der Waals surface area contributed by atoms with Crippen molar-refractivity contribution < 1.29 is 4.79 Å². The molecular weight excluding hydrogens is 330 g/mol. The van der Waals surface area contributed by atoms with Crippen molar-refractivity contribution in [2.24, 2.45) is 13.0 Å². The number of rotatable bonds is 2. The van der Waals surface area contributed by atoms with E-state index in [1.165, 1.54) is 12.8 Å². The van der Waals surface area contributed by atoms with Gasteiger partial charge in [-0.25, -0.2) is 0 Å². The van der Waals surface area contributed by atoms with Gasteiger partial charge in [0.1, 0.15) is 5.82 Å². The lowest BCUT2D eigenvalue weighted by Crippen LogP contribution is -2.43. The molecule has 0 radical (unpaired) electrons. The first-order valence-corrected chi connectivity index (χ1v) is 9.62. The van der Waals surface area contributed by atoms with Crippen LogP contribution in [0.15, 0.2) is 6.20 Å². The molecule has 0 saturated carbocycles. The Labute approximate surface area is 153 Å². The molecule has 0 atom stereocenters. The van der Waals surface area contributed by atoms with Gasteiger partial charge < -0.3 is 15.5 Å². The number of hydrogen-bond donors (Lipinski definition) is 1. The van der Waals surface area contributed by atoms with Gasteiger partial charge in [0.25, 0.3) is 0 Å². The Morgan fingerprint density at radius 2 is 1.77 bits per heavy atom. The summed E-state index contributed by atoms with van der Waals surface area (Å²) in [6.07, 6.45) is 8.17. The molecule has 8 heteroatoms. The Morgan fingerprint density at radius 3 is 2.46 bits per heavy atom. The number of fused-ring (bicyclic) bond motifs is 1. The van der Waals surface area contributed by atoms with Crippen LogP contribution in [0.5, 0.6) is 0 Å². The van der Waals surface area contributed by atoms with E-state index in [0.29, 0.717) is 17.7 Å². The predicted molar refractivity (Wildman–Crippen MR) is 101 cm³/mol. The van der Waals surface area contributed by atoms with Gasteiger partial charge in [-0.2, -0.15) is 15.1 Å². The number of aromatic nitrogens is 4. The summed E-state index contributed by atoms with van der Waals surface area (Å²) in [4.78, 5) is 26.1. The Morgan fingerprint density at radius 1 is 1.08 bits per heavy atom. The lowest BCUT2D eigenvalue weighted by atomic mass is 9.95. The lowest BCUT2D eigenvalue weighted by molar-refractivity contribution is -0.136. The summed E-state index contributed by atoms with van der Waals surface area (Å²) < 4.78 is 1.71. The van der Waals surface area contributed by atoms with Gasteiger partial charge in [-0.3, -0.25) is 9.48 Å². The standard InChI is InChI=1S/C18H27N7O/c1-23-16-14(12-20-23)15(19)21-18(22-16)25-10-6-13(7-11-25)17(26)24-8-4-2-3-5-9-24/h12-13H,2-11H2,1H3,(H2,19,21,22). The second kappa shape index (κ2) is 7.09. The second-order valence-corrected chi connectivity index (χ2v) is 7.42. The first-order chi connectivity index (χ1) is 12.6. The zero-order valence-electron chi connectivity index (χ0n) is 15.4. The Hall–Kier alpha value is -2.38. The van der Waals surface area contributed by atoms with Crippen molar-refractivity contribution in [3.8, 4) is 0 Å². The van der Waals surface area contributed by atoms with Crippen LogP contribution in [0.25, 0.3) is 11.0 Å². The third-order valence-electron chi connectivity index (χ3n) is 5.65. The minimum Gasteiger partial charge on any atom is -0.383 e. The summed E-state index contributed by atoms with van der Waals surface area (Å²) in [7, 11) is 1.85. The van der Waals surface area contributed by atoms with Gasteiger partial charge in [0.15, 0.2) is 5.65 Å². The van der Waals surface area contributed by atoms with Crippen LogP contribution in [0.4, 0.5) is 11.8 Å². The van der Waals surface area contributed by atoms with E-state index in [2.05, 4.69) is 24.9 Å². The van der Waals surface area contributed by atoms with Crippen molar-refractivity contribution in [2.45, 2.75) is 38.5 Å². The van der Waals surface area contributed by atoms with Crippen LogP contribution in [0, 0.1) is 5.92 Å². The number of hydrogen-bond acceptors (Lipinski definition) is 6. The van der Waals surface area contributed by atoms with Crippen LogP contribution in [0.3, 0.4) is 0 Å². The van der Waals surface area contributed by atoms with E-state index in [9.17, 15) is 4.79 Å². The SMILES string of the molecule is Cn1ncc2c(N)nc(N3CCC(C(=O)N4CCCCCC4)CC3)nc21. The molecule has 0 bridgehead atoms. The van der Waals surface area contributed by atoms with Crippen molar-refractivity contribution >= 4 is 28.7 Å². The number of likely N-dealkylation sites (tertiary alicyclic amines) is 1. The molecule has 2 aliphatic heterocycles. The highest BCUT2D eigenvalue weighted by molar-refractivity contribution is 5.86. The minimum atomic E-state index is 0.127. The normalized spacial score (nSPS) is 19.7. The average Bonchev–Trinajstić information content (AvgIpc) is 2.87. The number of carbonyl (C=O) groups excluding carboxylic acids is 1. The highest BCUT2D eigenvalue weighted by Crippen LogP contribution is 2.26. The van der Waals surface area contributed by atoms with Gasteiger partial charge in [-0.15, -0.1) is 0 Å². The van der Waals surface area contributed by atoms with E-state index in [-0.39, 0.29) is 5.92 Å². The van der Waals surface area contributed by atoms with Gasteiger partial charge in [0, 0.05) is 39.1 Å². The number of piperidine rings is 1. The first kappa shape index (κ1) is 17.1. The van der Waals surface area contributed by atoms with Crippen LogP contribution in [-0.2, 0) is 11.8 Å². The molecule has 4 heterocycles. The van der Waals surface area contributed by atoms with Gasteiger partial charge in [0.05, 0.1) is 11.6 Å². The Bertz CT molecular complexity index is 786. The van der Waals surface area contributed by atoms with Crippen molar-refractivity contribution in [1.82, 2.24) is 24.6 Å². The third kappa shape index (κ3) is 3.20. The fourth-order valence-electron chi connectivity index (χ4n) is 4.05. The quantitative estimate of drug-likeness (QED) is 0.877. The number of nitrogens with two attached hydrogens (primary N) is 1. The van der Waals surface area contributed by atoms with Crippen LogP contribution in [0.1, 0.15) is 38.5 Å². The fraction of sp³-hybridized carbons (Fsp3) is 0.667. The average molecular weight is 357 g/mol. The zero-order chi connectivity index (χ0) is 18.1. The molecule has 2 aromatic rings. The summed E-state index contributed by atoms with van der Waals surface area (Å²) in [6, 6.07) is 0. The maximum atomic E-state index is 12.8. The molecule has 4 rings (SSSR count). The van der Waals surface area contributed by atoms with E-state index < -0.39 is 0 Å². The van der Waals surface area contributed by atoms with Crippen LogP contribution in [-0.4, -0.2) is 56.7 Å². The molecule has 0 aromatic carbocycles. The first-order valence-electron chi connectivity index (χ1n) is 9.62. The summed E-state index contributed by atoms with van der Waals surface area (Å²) in [5.74, 6) is 1.57. The van der Waals surface area contributed by atoms with E-state index in [4.69, 9.17) is 5.73 Å². The molecule has 0 unspecified atom stereocenters. The number of amides is 1. The zero-order valence-corrected chi connectivity index (χ0v) is 15.4. The van der Waals surface area contributed by atoms with Crippen molar-refractivity contribution in [3.05, 3.63) is 6.20 Å². The van der Waals surface area contributed by atoms with Gasteiger partial charge in [0.2, 0.25) is 11.9 Å². The molecule has 2 N–H and O–H groups in total. The largest absolute Gasteiger partial charge is 0.383 e. The molecule has 140 valence electrons. The van der Waals surface area contributed by atoms with Crippen LogP contribution < -0.4 is 10.6 Å². The summed E-state index contributed by atoms with van der Waals surface area (Å²) in [6.45, 7) is 3.42. The minimum absolute atomic E-state index is 0.127. The highest BCUT2D eigenvalue weighted by Gasteiger charge is 2.30. The Kier molecular flexibility index (Phi) is 4.65. The van der Waals surface area contributed by atoms with Crippen LogP contribution in [0.2, 0.25) is 0 Å². The molecule has 26 heavy (non-hydrogen) atoms. The predicted octanol–water partition coefficient (Wildman–Crippen LogP) is 1.56. The maximum absolute atomic E-state index is 12.8. The van der Waals surface area contributed by atoms with Crippen molar-refractivity contribution in [1.29, 1.82) is 0 Å². The number of carbonyl (C=O) groups is 1. The van der Waals surface area contributed by atoms with E-state index in [0.717, 1.165) is 62.9 Å². The molecule has 0 aliphatic carbocycles. The van der Waals surface area contributed by atoms with Gasteiger partial charge in [-0.1, -0.05) is 12.8 Å². The topological polar surface area (TPSA) is 93.2 Å². The monoisotopic (exact) mass is 357 g/mol. The second-order valence-electron chi connectivity index (χ2n) is 7.42. The molecule has 2 aromatic heterocycles. The fourth-order valence-corrected chi connectivity index (χ4v) is 4.05. The molecule has 2 fully saturated rings. The van der Waals surface area contributed by atoms with E-state index in [1.807, 2.05) is 7.05 Å². The molecular formula is C18H27N7O. The number of nitrogen functional groups attached to an aromatic ring is 1. The molecule has 2 saturated heterocycles. The van der Waals surface area contributed by atoms with E-state index >= 15 is 0 Å². The number of nitrogens with zero attached hydrogens (tertiary/aromatic N) is 6.